The van der Waals surface area contributed by atoms with Crippen LogP contribution in [0.1, 0.15) is 25.1 Å². The Morgan fingerprint density at radius 2 is 2.39 bits per heavy atom. The van der Waals surface area contributed by atoms with Gasteiger partial charge in [0.1, 0.15) is 0 Å². The number of nitrogens with one attached hydrogen (secondary N) is 1. The quantitative estimate of drug-likeness (QED) is 0.810. The van der Waals surface area contributed by atoms with Crippen LogP contribution in [0.15, 0.2) is 23.8 Å². The maximum atomic E-state index is 9.44. The summed E-state index contributed by atoms with van der Waals surface area (Å²) in [5.41, 5.74) is 3.25. The number of nitrogens with zero attached hydrogens (tertiary/aromatic N) is 2. The number of H-pyrrole nitrogens is 1. The van der Waals surface area contributed by atoms with E-state index in [-0.39, 0.29) is 0 Å². The molecule has 2 N–H and O–H groups in total. The van der Waals surface area contributed by atoms with Crippen LogP contribution in [0.5, 0.6) is 0 Å². The maximum absolute atomic E-state index is 9.44. The first-order valence-electron chi connectivity index (χ1n) is 5.92. The van der Waals surface area contributed by atoms with Gasteiger partial charge in [0.05, 0.1) is 23.3 Å². The fraction of sp³-hybridized carbons (Fsp3) is 0.286. The lowest BCUT2D eigenvalue weighted by Gasteiger charge is -2.02. The Hall–Kier alpha value is -2.12. The first-order valence-corrected chi connectivity index (χ1v) is 5.92. The van der Waals surface area contributed by atoms with Crippen molar-refractivity contribution in [1.82, 2.24) is 10.2 Å². The first kappa shape index (κ1) is 12.3. The molecule has 0 aliphatic heterocycles. The number of benzene rings is 1. The number of aliphatic hydroxyl groups excluding tert-OH is 1. The van der Waals surface area contributed by atoms with E-state index >= 15 is 0 Å². The van der Waals surface area contributed by atoms with Gasteiger partial charge in [-0.2, -0.15) is 10.4 Å². The summed E-state index contributed by atoms with van der Waals surface area (Å²) in [6.45, 7) is 3.65. The molecule has 18 heavy (non-hydrogen) atoms. The molecule has 1 atom stereocenters. The Morgan fingerprint density at radius 3 is 3.00 bits per heavy atom. The monoisotopic (exact) mass is 241 g/mol. The summed E-state index contributed by atoms with van der Waals surface area (Å²) < 4.78 is 0. The van der Waals surface area contributed by atoms with Crippen molar-refractivity contribution in [3.63, 3.8) is 0 Å². The standard InChI is InChI=1S/C14H15N3O/c1-3-13-12-7-10(4-5-14(12)17-16-13)6-11(8-15)9(2)18/h4-7,9,18H,3H2,1-2H3,(H,16,17)/b11-6+. The topological polar surface area (TPSA) is 72.7 Å². The third-order valence-electron chi connectivity index (χ3n) is 2.91. The van der Waals surface area contributed by atoms with Crippen molar-refractivity contribution in [2.75, 3.05) is 0 Å². The van der Waals surface area contributed by atoms with Crippen LogP contribution >= 0.6 is 0 Å². The SMILES string of the molecule is CCc1[nH]nc2ccc(/C=C(\C#N)C(C)O)cc12. The predicted molar refractivity (Wildman–Crippen MR) is 70.7 cm³/mol. The highest BCUT2D eigenvalue weighted by Gasteiger charge is 2.06. The summed E-state index contributed by atoms with van der Waals surface area (Å²) in [5.74, 6) is 0. The number of aryl methyl sites for hydroxylation is 1. The van der Waals surface area contributed by atoms with Crippen LogP contribution in [0, 0.1) is 11.3 Å². The molecule has 1 heterocycles. The largest absolute Gasteiger partial charge is 0.388 e. The van der Waals surface area contributed by atoms with Gasteiger partial charge in [0.15, 0.2) is 0 Å². The van der Waals surface area contributed by atoms with Crippen molar-refractivity contribution in [3.8, 4) is 6.07 Å². The zero-order valence-corrected chi connectivity index (χ0v) is 10.4. The summed E-state index contributed by atoms with van der Waals surface area (Å²) in [6, 6.07) is 7.79. The minimum absolute atomic E-state index is 0.357. The smallest absolute Gasteiger partial charge is 0.0974 e. The number of aromatic nitrogens is 2. The number of fused-ring (bicyclic) bond motifs is 1. The van der Waals surface area contributed by atoms with Crippen LogP contribution in [-0.4, -0.2) is 21.4 Å². The van der Waals surface area contributed by atoms with Crippen molar-refractivity contribution < 1.29 is 5.11 Å². The lowest BCUT2D eigenvalue weighted by molar-refractivity contribution is 0.237. The fourth-order valence-corrected chi connectivity index (χ4v) is 1.87. The molecule has 0 saturated carbocycles. The molecule has 4 nitrogen and oxygen atoms in total. The number of aliphatic hydroxyl groups is 1. The Balaban J connectivity index is 2.50. The second kappa shape index (κ2) is 5.03. The molecule has 2 rings (SSSR count). The van der Waals surface area contributed by atoms with Crippen LogP contribution in [0.3, 0.4) is 0 Å². The molecule has 0 aliphatic carbocycles. The van der Waals surface area contributed by atoms with Gasteiger partial charge in [0.2, 0.25) is 0 Å². The highest BCUT2D eigenvalue weighted by molar-refractivity contribution is 5.84. The number of hydrogen-bond donors (Lipinski definition) is 2. The van der Waals surface area contributed by atoms with Gasteiger partial charge >= 0.3 is 0 Å². The predicted octanol–water partition coefficient (Wildman–Crippen LogP) is 2.41. The molecule has 4 heteroatoms. The minimum Gasteiger partial charge on any atom is -0.388 e. The third-order valence-corrected chi connectivity index (χ3v) is 2.91. The van der Waals surface area contributed by atoms with Crippen molar-refractivity contribution in [2.45, 2.75) is 26.4 Å². The van der Waals surface area contributed by atoms with Crippen LogP contribution in [0.2, 0.25) is 0 Å². The molecule has 2 aromatic rings. The Bertz CT molecular complexity index is 632. The van der Waals surface area contributed by atoms with Crippen LogP contribution in [0.25, 0.3) is 17.0 Å². The molecule has 0 saturated heterocycles. The van der Waals surface area contributed by atoms with E-state index < -0.39 is 6.10 Å². The van der Waals surface area contributed by atoms with Crippen molar-refractivity contribution in [1.29, 1.82) is 5.26 Å². The van der Waals surface area contributed by atoms with E-state index in [2.05, 4.69) is 17.1 Å². The van der Waals surface area contributed by atoms with Crippen molar-refractivity contribution in [3.05, 3.63) is 35.0 Å². The summed E-state index contributed by atoms with van der Waals surface area (Å²) in [4.78, 5) is 0. The number of rotatable bonds is 3. The zero-order valence-electron chi connectivity index (χ0n) is 10.4. The highest BCUT2D eigenvalue weighted by atomic mass is 16.3. The molecule has 0 radical (unpaired) electrons. The average Bonchev–Trinajstić information content (AvgIpc) is 2.77. The molecular weight excluding hydrogens is 226 g/mol. The third kappa shape index (κ3) is 2.27. The lowest BCUT2D eigenvalue weighted by Crippen LogP contribution is -2.01. The average molecular weight is 241 g/mol. The van der Waals surface area contributed by atoms with Gasteiger partial charge in [-0.05, 0) is 37.1 Å². The second-order valence-electron chi connectivity index (χ2n) is 4.22. The summed E-state index contributed by atoms with van der Waals surface area (Å²) >= 11 is 0. The number of nitriles is 1. The molecule has 1 aromatic carbocycles. The number of aromatic amines is 1. The number of hydrogen-bond acceptors (Lipinski definition) is 3. The molecule has 1 unspecified atom stereocenters. The van der Waals surface area contributed by atoms with Gasteiger partial charge in [-0.15, -0.1) is 0 Å². The fourth-order valence-electron chi connectivity index (χ4n) is 1.87. The van der Waals surface area contributed by atoms with E-state index in [0.29, 0.717) is 5.57 Å². The van der Waals surface area contributed by atoms with E-state index in [0.717, 1.165) is 28.6 Å². The van der Waals surface area contributed by atoms with Crippen LogP contribution in [-0.2, 0) is 6.42 Å². The van der Waals surface area contributed by atoms with E-state index in [4.69, 9.17) is 5.26 Å². The Morgan fingerprint density at radius 1 is 1.61 bits per heavy atom. The molecule has 0 spiro atoms. The molecule has 0 bridgehead atoms. The molecule has 0 aliphatic rings. The van der Waals surface area contributed by atoms with Crippen LogP contribution < -0.4 is 0 Å². The normalized spacial score (nSPS) is 13.6. The Kier molecular flexibility index (Phi) is 3.45. The summed E-state index contributed by atoms with van der Waals surface area (Å²) in [5, 5.41) is 26.6. The van der Waals surface area contributed by atoms with E-state index in [9.17, 15) is 5.11 Å². The molecular formula is C14H15N3O. The van der Waals surface area contributed by atoms with Crippen molar-refractivity contribution >= 4 is 17.0 Å². The molecule has 92 valence electrons. The van der Waals surface area contributed by atoms with Gasteiger partial charge in [0, 0.05) is 11.1 Å². The highest BCUT2D eigenvalue weighted by Crippen LogP contribution is 2.20. The van der Waals surface area contributed by atoms with E-state index in [1.807, 2.05) is 24.3 Å². The summed E-state index contributed by atoms with van der Waals surface area (Å²) in [7, 11) is 0. The zero-order chi connectivity index (χ0) is 13.1. The Labute approximate surface area is 106 Å². The van der Waals surface area contributed by atoms with Gasteiger partial charge in [-0.1, -0.05) is 13.0 Å². The van der Waals surface area contributed by atoms with Crippen molar-refractivity contribution in [2.24, 2.45) is 0 Å². The lowest BCUT2D eigenvalue weighted by atomic mass is 10.1. The molecule has 1 aromatic heterocycles. The first-order chi connectivity index (χ1) is 8.65. The van der Waals surface area contributed by atoms with Gasteiger partial charge in [0.25, 0.3) is 0 Å². The van der Waals surface area contributed by atoms with Gasteiger partial charge in [-0.25, -0.2) is 0 Å². The molecule has 0 amide bonds. The second-order valence-corrected chi connectivity index (χ2v) is 4.22. The summed E-state index contributed by atoms with van der Waals surface area (Å²) in [6.07, 6.45) is 1.84. The maximum Gasteiger partial charge on any atom is 0.0974 e. The molecule has 0 fully saturated rings. The van der Waals surface area contributed by atoms with Gasteiger partial charge < -0.3 is 5.11 Å². The van der Waals surface area contributed by atoms with E-state index in [1.165, 1.54) is 0 Å². The van der Waals surface area contributed by atoms with Gasteiger partial charge in [-0.3, -0.25) is 5.10 Å². The minimum atomic E-state index is -0.749. The van der Waals surface area contributed by atoms with Crippen LogP contribution in [0.4, 0.5) is 0 Å². The van der Waals surface area contributed by atoms with E-state index in [1.54, 1.807) is 13.0 Å².